The molecule has 1 saturated heterocycles. The van der Waals surface area contributed by atoms with Crippen molar-refractivity contribution in [2.24, 2.45) is 5.92 Å². The van der Waals surface area contributed by atoms with E-state index in [-0.39, 0.29) is 5.91 Å². The number of rotatable bonds is 7. The van der Waals surface area contributed by atoms with Crippen molar-refractivity contribution in [3.05, 3.63) is 54.2 Å². The summed E-state index contributed by atoms with van der Waals surface area (Å²) in [5.74, 6) is 2.07. The summed E-state index contributed by atoms with van der Waals surface area (Å²) in [6.45, 7) is 5.14. The molecule has 30 heavy (non-hydrogen) atoms. The van der Waals surface area contributed by atoms with Crippen LogP contribution in [0.4, 0.5) is 11.8 Å². The minimum Gasteiger partial charge on any atom is -0.368 e. The zero-order chi connectivity index (χ0) is 20.8. The third kappa shape index (κ3) is 4.73. The Morgan fingerprint density at radius 2 is 1.83 bits per heavy atom. The van der Waals surface area contributed by atoms with Crippen molar-refractivity contribution in [3.63, 3.8) is 0 Å². The van der Waals surface area contributed by atoms with Crippen LogP contribution in [-0.2, 0) is 0 Å². The first-order valence-corrected chi connectivity index (χ1v) is 10.3. The van der Waals surface area contributed by atoms with Crippen LogP contribution >= 0.6 is 0 Å². The largest absolute Gasteiger partial charge is 0.368 e. The van der Waals surface area contributed by atoms with E-state index in [0.29, 0.717) is 30.5 Å². The molecule has 156 valence electrons. The lowest BCUT2D eigenvalue weighted by Crippen LogP contribution is -2.37. The summed E-state index contributed by atoms with van der Waals surface area (Å²) in [4.78, 5) is 18.9. The molecule has 0 aliphatic carbocycles. The van der Waals surface area contributed by atoms with Crippen molar-refractivity contribution in [1.82, 2.24) is 30.1 Å². The molecule has 1 fully saturated rings. The van der Waals surface area contributed by atoms with E-state index in [2.05, 4.69) is 38.1 Å². The van der Waals surface area contributed by atoms with Gasteiger partial charge in [0.2, 0.25) is 5.95 Å². The van der Waals surface area contributed by atoms with Gasteiger partial charge < -0.3 is 15.5 Å². The molecule has 3 heterocycles. The zero-order valence-corrected chi connectivity index (χ0v) is 17.0. The molecule has 0 radical (unpaired) electrons. The molecule has 1 aliphatic heterocycles. The average molecular weight is 406 g/mol. The molecule has 4 rings (SSSR count). The molecular formula is C21H26N8O. The lowest BCUT2D eigenvalue weighted by molar-refractivity contribution is 0.0697. The van der Waals surface area contributed by atoms with Gasteiger partial charge in [-0.3, -0.25) is 4.79 Å². The van der Waals surface area contributed by atoms with Crippen molar-refractivity contribution in [2.75, 3.05) is 36.8 Å². The van der Waals surface area contributed by atoms with Gasteiger partial charge in [-0.05, 0) is 53.5 Å². The molecule has 2 N–H and O–H groups in total. The van der Waals surface area contributed by atoms with Gasteiger partial charge in [-0.15, -0.1) is 0 Å². The van der Waals surface area contributed by atoms with Crippen LogP contribution in [0, 0.1) is 5.92 Å². The van der Waals surface area contributed by atoms with Crippen molar-refractivity contribution >= 4 is 17.7 Å². The number of aromatic nitrogens is 5. The second-order valence-electron chi connectivity index (χ2n) is 7.51. The minimum absolute atomic E-state index is 0.0652. The van der Waals surface area contributed by atoms with Gasteiger partial charge in [0.1, 0.15) is 5.82 Å². The van der Waals surface area contributed by atoms with Crippen LogP contribution < -0.4 is 10.6 Å². The highest BCUT2D eigenvalue weighted by Crippen LogP contribution is 2.18. The summed E-state index contributed by atoms with van der Waals surface area (Å²) in [7, 11) is 0. The Morgan fingerprint density at radius 3 is 2.57 bits per heavy atom. The molecule has 1 aromatic carbocycles. The number of anilines is 2. The molecule has 0 spiro atoms. The number of likely N-dealkylation sites (tertiary alicyclic amines) is 1. The number of nitrogens with zero attached hydrogens (tertiary/aromatic N) is 6. The molecule has 9 heteroatoms. The third-order valence-corrected chi connectivity index (χ3v) is 5.27. The smallest absolute Gasteiger partial charge is 0.255 e. The van der Waals surface area contributed by atoms with E-state index in [9.17, 15) is 4.79 Å². The lowest BCUT2D eigenvalue weighted by Gasteiger charge is -2.30. The predicted molar refractivity (Wildman–Crippen MR) is 115 cm³/mol. The summed E-state index contributed by atoms with van der Waals surface area (Å²) in [6, 6.07) is 13.4. The maximum atomic E-state index is 12.6. The maximum Gasteiger partial charge on any atom is 0.255 e. The molecule has 1 amide bonds. The summed E-state index contributed by atoms with van der Waals surface area (Å²) in [5, 5.41) is 18.2. The van der Waals surface area contributed by atoms with E-state index in [0.717, 1.165) is 37.4 Å². The van der Waals surface area contributed by atoms with Gasteiger partial charge in [0, 0.05) is 32.4 Å². The predicted octanol–water partition coefficient (Wildman–Crippen LogP) is 2.45. The maximum absolute atomic E-state index is 12.6. The number of tetrazole rings is 1. The standard InChI is InChI=1S/C21H26N8O/c1-16-9-13-28(14-10-16)20(30)17-7-8-19(24-15-17)22-11-12-23-21-25-26-27-29(21)18-5-3-2-4-6-18/h2-8,15-16H,9-14H2,1H3,(H,22,24)(H,23,25,27). The van der Waals surface area contributed by atoms with Crippen molar-refractivity contribution in [3.8, 4) is 5.69 Å². The molecule has 9 nitrogen and oxygen atoms in total. The number of hydrogen-bond donors (Lipinski definition) is 2. The van der Waals surface area contributed by atoms with E-state index in [1.807, 2.05) is 47.4 Å². The highest BCUT2D eigenvalue weighted by Gasteiger charge is 2.21. The Morgan fingerprint density at radius 1 is 1.07 bits per heavy atom. The zero-order valence-electron chi connectivity index (χ0n) is 17.0. The van der Waals surface area contributed by atoms with Gasteiger partial charge in [-0.2, -0.15) is 4.68 Å². The molecule has 0 atom stereocenters. The second-order valence-corrected chi connectivity index (χ2v) is 7.51. The highest BCUT2D eigenvalue weighted by atomic mass is 16.2. The fourth-order valence-corrected chi connectivity index (χ4v) is 3.42. The number of piperidine rings is 1. The van der Waals surface area contributed by atoms with Crippen LogP contribution in [0.25, 0.3) is 5.69 Å². The Hall–Kier alpha value is -3.49. The normalized spacial score (nSPS) is 14.5. The van der Waals surface area contributed by atoms with Gasteiger partial charge >= 0.3 is 0 Å². The first-order valence-electron chi connectivity index (χ1n) is 10.3. The van der Waals surface area contributed by atoms with E-state index >= 15 is 0 Å². The summed E-state index contributed by atoms with van der Waals surface area (Å²) in [6.07, 6.45) is 3.78. The van der Waals surface area contributed by atoms with Crippen LogP contribution in [-0.4, -0.2) is 62.2 Å². The van der Waals surface area contributed by atoms with Gasteiger partial charge in [-0.1, -0.05) is 30.2 Å². The minimum atomic E-state index is 0.0652. The van der Waals surface area contributed by atoms with E-state index < -0.39 is 0 Å². The first kappa shape index (κ1) is 19.8. The molecule has 0 unspecified atom stereocenters. The molecular weight excluding hydrogens is 380 g/mol. The monoisotopic (exact) mass is 406 g/mol. The van der Waals surface area contributed by atoms with Crippen molar-refractivity contribution < 1.29 is 4.79 Å². The summed E-state index contributed by atoms with van der Waals surface area (Å²) in [5.41, 5.74) is 1.53. The Labute approximate surface area is 175 Å². The lowest BCUT2D eigenvalue weighted by atomic mass is 9.99. The quantitative estimate of drug-likeness (QED) is 0.581. The molecule has 3 aromatic rings. The molecule has 2 aromatic heterocycles. The third-order valence-electron chi connectivity index (χ3n) is 5.27. The fourth-order valence-electron chi connectivity index (χ4n) is 3.42. The Bertz CT molecular complexity index is 949. The van der Waals surface area contributed by atoms with E-state index in [1.165, 1.54) is 0 Å². The average Bonchev–Trinajstić information content (AvgIpc) is 3.26. The molecule has 0 bridgehead atoms. The number of benzene rings is 1. The van der Waals surface area contributed by atoms with Crippen LogP contribution in [0.3, 0.4) is 0 Å². The number of amides is 1. The Kier molecular flexibility index (Phi) is 6.17. The van der Waals surface area contributed by atoms with Gasteiger partial charge in [0.15, 0.2) is 0 Å². The van der Waals surface area contributed by atoms with Crippen LogP contribution in [0.2, 0.25) is 0 Å². The summed E-state index contributed by atoms with van der Waals surface area (Å²) >= 11 is 0. The first-order chi connectivity index (χ1) is 14.7. The number of nitrogens with one attached hydrogen (secondary N) is 2. The van der Waals surface area contributed by atoms with E-state index in [4.69, 9.17) is 0 Å². The molecule has 1 aliphatic rings. The van der Waals surface area contributed by atoms with Crippen LogP contribution in [0.5, 0.6) is 0 Å². The van der Waals surface area contributed by atoms with Crippen LogP contribution in [0.1, 0.15) is 30.1 Å². The number of hydrogen-bond acceptors (Lipinski definition) is 7. The van der Waals surface area contributed by atoms with Gasteiger partial charge in [0.05, 0.1) is 11.3 Å². The number of pyridine rings is 1. The van der Waals surface area contributed by atoms with Gasteiger partial charge in [-0.25, -0.2) is 4.98 Å². The van der Waals surface area contributed by atoms with Crippen molar-refractivity contribution in [1.29, 1.82) is 0 Å². The summed E-state index contributed by atoms with van der Waals surface area (Å²) < 4.78 is 1.65. The fraction of sp³-hybridized carbons (Fsp3) is 0.381. The van der Waals surface area contributed by atoms with Gasteiger partial charge in [0.25, 0.3) is 5.91 Å². The molecule has 0 saturated carbocycles. The Balaban J connectivity index is 1.25. The number of carbonyl (C=O) groups is 1. The highest BCUT2D eigenvalue weighted by molar-refractivity contribution is 5.94. The topological polar surface area (TPSA) is 101 Å². The number of para-hydroxylation sites is 1. The number of carbonyl (C=O) groups excluding carboxylic acids is 1. The van der Waals surface area contributed by atoms with Crippen molar-refractivity contribution in [2.45, 2.75) is 19.8 Å². The second kappa shape index (κ2) is 9.34. The van der Waals surface area contributed by atoms with E-state index in [1.54, 1.807) is 10.9 Å². The SMILES string of the molecule is CC1CCN(C(=O)c2ccc(NCCNc3nnnn3-c3ccccc3)nc2)CC1. The van der Waals surface area contributed by atoms with Crippen LogP contribution in [0.15, 0.2) is 48.7 Å².